The number of hydrogen-bond acceptors (Lipinski definition) is 7. The number of nitrogens with two attached hydrogens (primary N) is 1. The number of benzene rings is 1. The van der Waals surface area contributed by atoms with Crippen molar-refractivity contribution in [3.05, 3.63) is 29.3 Å². The Kier molecular flexibility index (Phi) is 10.9. The van der Waals surface area contributed by atoms with Crippen LogP contribution in [0.1, 0.15) is 61.8 Å². The molecule has 0 aromatic heterocycles. The number of aliphatic hydroxyl groups excluding tert-OH is 1. The maximum atomic E-state index is 13.7. The van der Waals surface area contributed by atoms with Crippen LogP contribution in [-0.2, 0) is 15.3 Å². The Labute approximate surface area is 201 Å². The largest absolute Gasteiger partial charge is 0.493 e. The van der Waals surface area contributed by atoms with Crippen LogP contribution in [0, 0.1) is 0 Å². The lowest BCUT2D eigenvalue weighted by atomic mass is 10.1. The molecule has 34 heavy (non-hydrogen) atoms. The number of thioether (sulfide) groups is 1. The predicted octanol–water partition coefficient (Wildman–Crippen LogP) is 4.43. The van der Waals surface area contributed by atoms with Crippen LogP contribution >= 0.6 is 19.6 Å². The molecule has 2 rings (SSSR count). The molecule has 0 spiro atoms. The molecule has 1 heterocycles. The van der Waals surface area contributed by atoms with E-state index >= 15 is 0 Å². The number of phosphoric acid groups is 1. The molecular weight excluding hydrogens is 496 g/mol. The van der Waals surface area contributed by atoms with E-state index in [4.69, 9.17) is 20.3 Å². The molecule has 0 radical (unpaired) electrons. The summed E-state index contributed by atoms with van der Waals surface area (Å²) in [5, 5.41) is 9.26. The molecule has 8 nitrogen and oxygen atoms in total. The second-order valence-corrected chi connectivity index (χ2v) is 10.6. The topological polar surface area (TPSA) is 135 Å². The second kappa shape index (κ2) is 12.7. The average Bonchev–Trinajstić information content (AvgIpc) is 3.27. The Bertz CT molecular complexity index is 883. The molecule has 2 atom stereocenters. The molecule has 194 valence electrons. The monoisotopic (exact) mass is 528 g/mol. The zero-order valence-corrected chi connectivity index (χ0v) is 20.7. The highest BCUT2D eigenvalue weighted by Gasteiger charge is 2.40. The maximum Gasteiger partial charge on any atom is 0.469 e. The molecule has 5 N–H and O–H groups in total. The van der Waals surface area contributed by atoms with Gasteiger partial charge in [-0.15, -0.1) is 0 Å². The van der Waals surface area contributed by atoms with E-state index in [-0.39, 0.29) is 23.9 Å². The Balaban J connectivity index is 2.05. The summed E-state index contributed by atoms with van der Waals surface area (Å²) in [7, 11) is -4.83. The summed E-state index contributed by atoms with van der Waals surface area (Å²) < 4.78 is 62.0. The predicted molar refractivity (Wildman–Crippen MR) is 125 cm³/mol. The molecule has 0 amide bonds. The third-order valence-corrected chi connectivity index (χ3v) is 7.22. The van der Waals surface area contributed by atoms with Crippen molar-refractivity contribution in [1.82, 2.24) is 0 Å². The third-order valence-electron chi connectivity index (χ3n) is 5.29. The molecule has 0 aliphatic carbocycles. The lowest BCUT2D eigenvalue weighted by molar-refractivity contribution is -0.139. The van der Waals surface area contributed by atoms with E-state index in [1.807, 2.05) is 0 Å². The van der Waals surface area contributed by atoms with E-state index in [1.165, 1.54) is 12.1 Å². The highest BCUT2D eigenvalue weighted by atomic mass is 32.2. The zero-order valence-electron chi connectivity index (χ0n) is 19.0. The second-order valence-electron chi connectivity index (χ2n) is 8.20. The van der Waals surface area contributed by atoms with Crippen molar-refractivity contribution in [2.75, 3.05) is 26.4 Å². The number of aliphatic hydroxyl groups is 1. The maximum absolute atomic E-state index is 13.7. The van der Waals surface area contributed by atoms with Crippen LogP contribution < -0.4 is 10.5 Å². The van der Waals surface area contributed by atoms with Crippen molar-refractivity contribution in [2.45, 2.75) is 62.4 Å². The molecule has 0 saturated carbocycles. The van der Waals surface area contributed by atoms with Crippen LogP contribution in [0.2, 0.25) is 0 Å². The summed E-state index contributed by atoms with van der Waals surface area (Å²) in [5.74, 6) is -0.229. The average molecular weight is 529 g/mol. The van der Waals surface area contributed by atoms with Gasteiger partial charge in [-0.1, -0.05) is 56.9 Å². The van der Waals surface area contributed by atoms with E-state index < -0.39 is 43.6 Å². The van der Waals surface area contributed by atoms with Crippen LogP contribution in [0.4, 0.5) is 13.2 Å². The van der Waals surface area contributed by atoms with Crippen LogP contribution in [-0.4, -0.2) is 51.8 Å². The first-order valence-electron chi connectivity index (χ1n) is 11.0. The van der Waals surface area contributed by atoms with Crippen molar-refractivity contribution in [1.29, 1.82) is 0 Å². The Morgan fingerprint density at radius 1 is 1.21 bits per heavy atom. The van der Waals surface area contributed by atoms with Crippen molar-refractivity contribution in [2.24, 2.45) is 10.7 Å². The van der Waals surface area contributed by atoms with Crippen LogP contribution in [0.5, 0.6) is 5.75 Å². The van der Waals surface area contributed by atoms with Gasteiger partial charge in [-0.25, -0.2) is 4.57 Å². The van der Waals surface area contributed by atoms with Gasteiger partial charge in [0.25, 0.3) is 0 Å². The molecular formula is C21H32F3N2O6PS. The minimum absolute atomic E-state index is 0.0874. The van der Waals surface area contributed by atoms with E-state index in [9.17, 15) is 22.8 Å². The fourth-order valence-electron chi connectivity index (χ4n) is 3.36. The van der Waals surface area contributed by atoms with E-state index in [2.05, 4.69) is 16.4 Å². The fourth-order valence-corrected chi connectivity index (χ4v) is 4.96. The van der Waals surface area contributed by atoms with Gasteiger partial charge in [0.05, 0.1) is 42.2 Å². The highest BCUT2D eigenvalue weighted by molar-refractivity contribution is 8.14. The first kappa shape index (κ1) is 29.1. The molecule has 0 bridgehead atoms. The third kappa shape index (κ3) is 8.82. The van der Waals surface area contributed by atoms with Crippen molar-refractivity contribution >= 4 is 24.6 Å². The smallest absolute Gasteiger partial charge is 0.469 e. The molecule has 1 aromatic rings. The van der Waals surface area contributed by atoms with Crippen LogP contribution in [0.15, 0.2) is 23.2 Å². The van der Waals surface area contributed by atoms with Crippen molar-refractivity contribution < 1.29 is 41.9 Å². The van der Waals surface area contributed by atoms with E-state index in [0.29, 0.717) is 12.0 Å². The lowest BCUT2D eigenvalue weighted by Gasteiger charge is -2.27. The highest BCUT2D eigenvalue weighted by Crippen LogP contribution is 2.44. The molecule has 1 aliphatic rings. The number of halogens is 3. The number of hydrogen-bond donors (Lipinski definition) is 4. The van der Waals surface area contributed by atoms with Crippen molar-refractivity contribution in [3.8, 4) is 5.75 Å². The molecule has 1 aromatic carbocycles. The molecule has 13 heteroatoms. The standard InChI is InChI=1S/C21H32F3N2O6PS/c1-2-3-4-5-6-7-10-31-17-9-8-15(11-16(17)21(22,23)24)18-12-26-19(34-18)20(25,13-27)14-32-33(28,29)30/h8-9,11,18,27H,2-7,10,12-14,25H2,1H3,(H2,28,29,30). The summed E-state index contributed by atoms with van der Waals surface area (Å²) in [4.78, 5) is 22.0. The van der Waals surface area contributed by atoms with Crippen LogP contribution in [0.3, 0.4) is 0 Å². The number of phosphoric ester groups is 1. The van der Waals surface area contributed by atoms with E-state index in [1.54, 1.807) is 0 Å². The number of rotatable bonds is 14. The van der Waals surface area contributed by atoms with Gasteiger partial charge in [-0.2, -0.15) is 13.2 Å². The van der Waals surface area contributed by atoms with Gasteiger partial charge < -0.3 is 25.4 Å². The van der Waals surface area contributed by atoms with Gasteiger partial charge in [0.1, 0.15) is 11.3 Å². The summed E-state index contributed by atoms with van der Waals surface area (Å²) in [6.07, 6.45) is 1.36. The summed E-state index contributed by atoms with van der Waals surface area (Å²) >= 11 is 1.03. The van der Waals surface area contributed by atoms with Crippen LogP contribution in [0.25, 0.3) is 0 Å². The normalized spacial score (nSPS) is 18.6. The van der Waals surface area contributed by atoms with E-state index in [0.717, 1.165) is 49.9 Å². The molecule has 1 aliphatic heterocycles. The van der Waals surface area contributed by atoms with Gasteiger partial charge in [0.15, 0.2) is 0 Å². The number of alkyl halides is 3. The van der Waals surface area contributed by atoms with Gasteiger partial charge in [0.2, 0.25) is 0 Å². The Morgan fingerprint density at radius 2 is 1.88 bits per heavy atom. The molecule has 0 saturated heterocycles. The summed E-state index contributed by atoms with van der Waals surface area (Å²) in [5.41, 5.74) is 3.79. The Morgan fingerprint density at radius 3 is 2.50 bits per heavy atom. The summed E-state index contributed by atoms with van der Waals surface area (Å²) in [6.45, 7) is 0.980. The first-order valence-corrected chi connectivity index (χ1v) is 13.5. The quantitative estimate of drug-likeness (QED) is 0.206. The lowest BCUT2D eigenvalue weighted by Crippen LogP contribution is -2.53. The summed E-state index contributed by atoms with van der Waals surface area (Å²) in [6, 6.07) is 3.85. The Hall–Kier alpha value is -1.14. The van der Waals surface area contributed by atoms with Gasteiger partial charge in [0, 0.05) is 0 Å². The first-order chi connectivity index (χ1) is 15.9. The number of unbranched alkanes of at least 4 members (excludes halogenated alkanes) is 5. The molecule has 0 fully saturated rings. The van der Waals surface area contributed by atoms with Gasteiger partial charge in [-0.05, 0) is 24.1 Å². The minimum atomic E-state index is -4.83. The minimum Gasteiger partial charge on any atom is -0.493 e. The van der Waals surface area contributed by atoms with Crippen molar-refractivity contribution in [3.63, 3.8) is 0 Å². The number of ether oxygens (including phenoxy) is 1. The van der Waals surface area contributed by atoms with Gasteiger partial charge >= 0.3 is 14.0 Å². The fraction of sp³-hybridized carbons (Fsp3) is 0.667. The zero-order chi connectivity index (χ0) is 25.4. The number of nitrogens with zero attached hydrogens (tertiary/aromatic N) is 1. The SMILES string of the molecule is CCCCCCCCOc1ccc(C2CN=C(C(N)(CO)COP(=O)(O)O)S2)cc1C(F)(F)F. The number of aliphatic imine (C=N–C) groups is 1. The molecule has 2 unspecified atom stereocenters. The van der Waals surface area contributed by atoms with Gasteiger partial charge in [-0.3, -0.25) is 9.52 Å².